The van der Waals surface area contributed by atoms with E-state index in [0.29, 0.717) is 13.0 Å². The molecule has 0 aliphatic rings. The molecule has 190 valence electrons. The molecule has 6 heteroatoms. The van der Waals surface area contributed by atoms with Crippen LogP contribution < -0.4 is 0 Å². The molecule has 0 aromatic carbocycles. The van der Waals surface area contributed by atoms with Gasteiger partial charge in [-0.25, -0.2) is 4.98 Å². The topological polar surface area (TPSA) is 42.4 Å². The summed E-state index contributed by atoms with van der Waals surface area (Å²) in [5.41, 5.74) is 0. The monoisotopic (exact) mass is 496 g/mol. The molecule has 0 spiro atoms. The van der Waals surface area contributed by atoms with Crippen LogP contribution in [0.25, 0.3) is 0 Å². The van der Waals surface area contributed by atoms with Crippen LogP contribution in [0.5, 0.6) is 0 Å². The van der Waals surface area contributed by atoms with E-state index in [1.165, 1.54) is 70.6 Å². The van der Waals surface area contributed by atoms with Crippen LogP contribution in [0, 0.1) is 0 Å². The van der Waals surface area contributed by atoms with E-state index in [9.17, 15) is 4.79 Å². The lowest BCUT2D eigenvalue weighted by Gasteiger charge is -2.20. The van der Waals surface area contributed by atoms with Crippen molar-refractivity contribution < 1.29 is 9.53 Å². The highest BCUT2D eigenvalue weighted by atomic mass is 33.1. The fourth-order valence-corrected chi connectivity index (χ4v) is 5.67. The molecule has 0 bridgehead atoms. The number of hydrogen-bond acceptors (Lipinski definition) is 6. The summed E-state index contributed by atoms with van der Waals surface area (Å²) in [7, 11) is 3.54. The molecule has 0 N–H and O–H groups in total. The van der Waals surface area contributed by atoms with Gasteiger partial charge in [0.1, 0.15) is 5.03 Å². The SMILES string of the molecule is CCCCCCCCCCCCCCOC(=O)CCN(CCC)CCSSc1ccccn1. The maximum Gasteiger partial charge on any atom is 0.307 e. The predicted molar refractivity (Wildman–Crippen MR) is 146 cm³/mol. The van der Waals surface area contributed by atoms with Gasteiger partial charge >= 0.3 is 5.97 Å². The summed E-state index contributed by atoms with van der Waals surface area (Å²) in [6, 6.07) is 5.99. The van der Waals surface area contributed by atoms with Crippen molar-refractivity contribution in [3.8, 4) is 0 Å². The van der Waals surface area contributed by atoms with E-state index in [4.69, 9.17) is 4.74 Å². The molecular weight excluding hydrogens is 448 g/mol. The van der Waals surface area contributed by atoms with Crippen LogP contribution in [-0.4, -0.2) is 47.8 Å². The highest BCUT2D eigenvalue weighted by molar-refractivity contribution is 8.76. The van der Waals surface area contributed by atoms with Gasteiger partial charge in [0.15, 0.2) is 0 Å². The Kier molecular flexibility index (Phi) is 21.2. The molecule has 0 fully saturated rings. The Morgan fingerprint density at radius 2 is 1.52 bits per heavy atom. The molecule has 0 unspecified atom stereocenters. The Morgan fingerprint density at radius 1 is 0.848 bits per heavy atom. The average molecular weight is 497 g/mol. The molecule has 1 aromatic heterocycles. The molecule has 0 saturated heterocycles. The first-order valence-electron chi connectivity index (χ1n) is 13.3. The highest BCUT2D eigenvalue weighted by Gasteiger charge is 2.09. The van der Waals surface area contributed by atoms with Crippen LogP contribution in [0.2, 0.25) is 0 Å². The van der Waals surface area contributed by atoms with Gasteiger partial charge in [-0.05, 0) is 42.3 Å². The Balaban J connectivity index is 1.94. The smallest absolute Gasteiger partial charge is 0.307 e. The molecule has 0 radical (unpaired) electrons. The lowest BCUT2D eigenvalue weighted by atomic mass is 10.1. The third kappa shape index (κ3) is 19.3. The second-order valence-corrected chi connectivity index (χ2v) is 11.2. The average Bonchev–Trinajstić information content (AvgIpc) is 2.83. The second kappa shape index (κ2) is 23.0. The number of rotatable bonds is 23. The summed E-state index contributed by atoms with van der Waals surface area (Å²) in [6.07, 6.45) is 19.3. The van der Waals surface area contributed by atoms with E-state index in [0.717, 1.165) is 43.3 Å². The molecule has 0 saturated carbocycles. The fourth-order valence-electron chi connectivity index (χ4n) is 3.77. The normalized spacial score (nSPS) is 11.2. The maximum absolute atomic E-state index is 12.1. The second-order valence-electron chi connectivity index (χ2n) is 8.77. The van der Waals surface area contributed by atoms with Crippen molar-refractivity contribution in [3.63, 3.8) is 0 Å². The fraction of sp³-hybridized carbons (Fsp3) is 0.778. The Bertz CT molecular complexity index is 560. The van der Waals surface area contributed by atoms with Crippen molar-refractivity contribution in [2.75, 3.05) is 32.0 Å². The number of carbonyl (C=O) groups excluding carboxylic acids is 1. The quantitative estimate of drug-likeness (QED) is 0.0864. The lowest BCUT2D eigenvalue weighted by Crippen LogP contribution is -2.29. The number of unbranched alkanes of at least 4 members (excludes halogenated alkanes) is 11. The van der Waals surface area contributed by atoms with Crippen molar-refractivity contribution in [2.24, 2.45) is 0 Å². The van der Waals surface area contributed by atoms with Gasteiger partial charge in [-0.2, -0.15) is 0 Å². The van der Waals surface area contributed by atoms with Gasteiger partial charge in [-0.1, -0.05) is 101 Å². The first-order valence-corrected chi connectivity index (χ1v) is 15.7. The number of hydrogen-bond donors (Lipinski definition) is 0. The van der Waals surface area contributed by atoms with Gasteiger partial charge in [-0.15, -0.1) is 0 Å². The molecular formula is C27H48N2O2S2. The molecule has 1 aromatic rings. The molecule has 33 heavy (non-hydrogen) atoms. The van der Waals surface area contributed by atoms with Crippen molar-refractivity contribution in [3.05, 3.63) is 24.4 Å². The zero-order valence-corrected chi connectivity index (χ0v) is 22.9. The zero-order valence-electron chi connectivity index (χ0n) is 21.3. The van der Waals surface area contributed by atoms with Crippen molar-refractivity contribution in [2.45, 2.75) is 109 Å². The van der Waals surface area contributed by atoms with Gasteiger partial charge in [0.2, 0.25) is 0 Å². The minimum absolute atomic E-state index is 0.0466. The largest absolute Gasteiger partial charge is 0.466 e. The maximum atomic E-state index is 12.1. The number of nitrogens with zero attached hydrogens (tertiary/aromatic N) is 2. The van der Waals surface area contributed by atoms with Crippen LogP contribution in [0.1, 0.15) is 104 Å². The first kappa shape index (κ1) is 30.3. The zero-order chi connectivity index (χ0) is 23.8. The number of aromatic nitrogens is 1. The van der Waals surface area contributed by atoms with Gasteiger partial charge < -0.3 is 9.64 Å². The third-order valence-electron chi connectivity index (χ3n) is 5.71. The van der Waals surface area contributed by atoms with E-state index in [2.05, 4.69) is 23.7 Å². The summed E-state index contributed by atoms with van der Waals surface area (Å²) < 4.78 is 5.46. The van der Waals surface area contributed by atoms with E-state index < -0.39 is 0 Å². The van der Waals surface area contributed by atoms with Gasteiger partial charge in [0.25, 0.3) is 0 Å². The molecule has 1 rings (SSSR count). The van der Waals surface area contributed by atoms with Crippen LogP contribution in [-0.2, 0) is 9.53 Å². The molecule has 0 atom stereocenters. The Hall–Kier alpha value is -0.720. The third-order valence-corrected chi connectivity index (χ3v) is 7.95. The van der Waals surface area contributed by atoms with Crippen LogP contribution in [0.3, 0.4) is 0 Å². The molecule has 0 aliphatic carbocycles. The summed E-state index contributed by atoms with van der Waals surface area (Å²) in [6.45, 7) is 7.86. The van der Waals surface area contributed by atoms with E-state index in [-0.39, 0.29) is 5.97 Å². The molecule has 0 amide bonds. The Morgan fingerprint density at radius 3 is 2.12 bits per heavy atom. The molecule has 4 nitrogen and oxygen atoms in total. The standard InChI is InChI=1S/C27H48N2O2S2/c1-3-5-6-7-8-9-10-11-12-13-14-17-24-31-27(30)19-22-29(21-4-2)23-25-32-33-26-18-15-16-20-28-26/h15-16,18,20H,3-14,17,19,21-25H2,1-2H3. The minimum atomic E-state index is -0.0466. The van der Waals surface area contributed by atoms with E-state index in [1.807, 2.05) is 35.2 Å². The van der Waals surface area contributed by atoms with Crippen LogP contribution in [0.4, 0.5) is 0 Å². The summed E-state index contributed by atoms with van der Waals surface area (Å²) >= 11 is 0. The number of ether oxygens (including phenoxy) is 1. The molecule has 1 heterocycles. The van der Waals surface area contributed by atoms with E-state index in [1.54, 1.807) is 10.8 Å². The summed E-state index contributed by atoms with van der Waals surface area (Å²) in [4.78, 5) is 18.8. The summed E-state index contributed by atoms with van der Waals surface area (Å²) in [5, 5.41) is 1.05. The van der Waals surface area contributed by atoms with Crippen molar-refractivity contribution >= 4 is 27.6 Å². The Labute approximate surface area is 211 Å². The van der Waals surface area contributed by atoms with Crippen molar-refractivity contribution in [1.29, 1.82) is 0 Å². The number of pyridine rings is 1. The van der Waals surface area contributed by atoms with Crippen molar-refractivity contribution in [1.82, 2.24) is 9.88 Å². The van der Waals surface area contributed by atoms with Gasteiger partial charge in [0, 0.05) is 25.0 Å². The first-order chi connectivity index (χ1) is 16.3. The number of esters is 1. The van der Waals surface area contributed by atoms with Crippen LogP contribution >= 0.6 is 21.6 Å². The van der Waals surface area contributed by atoms with Gasteiger partial charge in [-0.3, -0.25) is 4.79 Å². The lowest BCUT2D eigenvalue weighted by molar-refractivity contribution is -0.144. The predicted octanol–water partition coefficient (Wildman–Crippen LogP) is 8.17. The summed E-state index contributed by atoms with van der Waals surface area (Å²) in [5.74, 6) is 0.976. The number of carbonyl (C=O) groups is 1. The van der Waals surface area contributed by atoms with E-state index >= 15 is 0 Å². The highest BCUT2D eigenvalue weighted by Crippen LogP contribution is 2.28. The molecule has 0 aliphatic heterocycles. The van der Waals surface area contributed by atoms with Crippen LogP contribution in [0.15, 0.2) is 29.4 Å². The minimum Gasteiger partial charge on any atom is -0.466 e. The van der Waals surface area contributed by atoms with Gasteiger partial charge in [0.05, 0.1) is 13.0 Å².